The molecule has 5 aromatic rings. The summed E-state index contributed by atoms with van der Waals surface area (Å²) in [6, 6.07) is 26.3. The van der Waals surface area contributed by atoms with Crippen LogP contribution in [0.15, 0.2) is 120 Å². The third-order valence-corrected chi connectivity index (χ3v) is 11.5. The summed E-state index contributed by atoms with van der Waals surface area (Å²) in [6.07, 6.45) is 2.89. The predicted octanol–water partition coefficient (Wildman–Crippen LogP) is 4.78. The van der Waals surface area contributed by atoms with Gasteiger partial charge < -0.3 is 56.1 Å². The molecule has 0 bridgehead atoms. The Bertz CT molecular complexity index is 2700. The Hall–Kier alpha value is -8.13. The third-order valence-electron chi connectivity index (χ3n) is 11.5. The van der Waals surface area contributed by atoms with Crippen LogP contribution in [-0.2, 0) is 40.4 Å². The summed E-state index contributed by atoms with van der Waals surface area (Å²) in [5, 5.41) is 19.5. The van der Waals surface area contributed by atoms with Gasteiger partial charge in [-0.2, -0.15) is 0 Å². The maximum Gasteiger partial charge on any atom is 0.410 e. The first-order valence-corrected chi connectivity index (χ1v) is 22.1. The Kier molecular flexibility index (Phi) is 15.7. The second-order valence-corrected chi connectivity index (χ2v) is 16.1. The number of nitrogens with one attached hydrogen (secondary N) is 5. The lowest BCUT2D eigenvalue weighted by Gasteiger charge is -2.35. The number of benzene rings is 4. The SMILES string of the molecule is CCn1cc(C(=O)O)c(=O)c2cc(F)c(N3CCN(C(=O)OCc4ccc(NC(=O)[C@H](CCCNC(N)=O)N5C=C([C@H](Cc6ccccc6)NC(=O)OCc6ccccc6)NN5)cc4)CC3)cc21. The Morgan fingerprint density at radius 2 is 1.53 bits per heavy atom. The molecule has 2 aliphatic rings. The van der Waals surface area contributed by atoms with Crippen LogP contribution in [0.2, 0.25) is 0 Å². The van der Waals surface area contributed by atoms with Crippen molar-refractivity contribution < 1.29 is 42.9 Å². The quantitative estimate of drug-likeness (QED) is 0.0587. The Labute approximate surface area is 390 Å². The Balaban J connectivity index is 0.949. The number of hydrogen-bond donors (Lipinski definition) is 7. The molecule has 1 saturated heterocycles. The van der Waals surface area contributed by atoms with Crippen LogP contribution in [0.4, 0.5) is 30.1 Å². The van der Waals surface area contributed by atoms with Crippen molar-refractivity contribution in [2.45, 2.75) is 58.0 Å². The second-order valence-electron chi connectivity index (χ2n) is 16.1. The molecule has 8 N–H and O–H groups in total. The molecule has 0 radical (unpaired) electrons. The summed E-state index contributed by atoms with van der Waals surface area (Å²) in [7, 11) is 0. The number of amides is 5. The van der Waals surface area contributed by atoms with Gasteiger partial charge in [-0.05, 0) is 67.1 Å². The topological polar surface area (TPSA) is 242 Å². The molecule has 0 spiro atoms. The molecule has 2 atom stereocenters. The fourth-order valence-electron chi connectivity index (χ4n) is 7.92. The van der Waals surface area contributed by atoms with Crippen molar-refractivity contribution in [3.05, 3.63) is 153 Å². The van der Waals surface area contributed by atoms with Crippen molar-refractivity contribution in [1.82, 2.24) is 36.1 Å². The Morgan fingerprint density at radius 1 is 0.868 bits per heavy atom. The van der Waals surface area contributed by atoms with Gasteiger partial charge in [0.25, 0.3) is 0 Å². The van der Waals surface area contributed by atoms with Crippen LogP contribution in [0.5, 0.6) is 0 Å². The number of carboxylic acids is 1. The molecule has 356 valence electrons. The first-order chi connectivity index (χ1) is 32.9. The van der Waals surface area contributed by atoms with Gasteiger partial charge in [0.05, 0.1) is 22.9 Å². The van der Waals surface area contributed by atoms with Gasteiger partial charge in [-0.3, -0.25) is 14.6 Å². The van der Waals surface area contributed by atoms with E-state index in [1.54, 1.807) is 51.9 Å². The zero-order chi connectivity index (χ0) is 48.2. The number of carboxylic acid groups (broad SMARTS) is 1. The zero-order valence-corrected chi connectivity index (χ0v) is 37.3. The lowest BCUT2D eigenvalue weighted by atomic mass is 10.0. The first kappa shape index (κ1) is 47.8. The summed E-state index contributed by atoms with van der Waals surface area (Å²) in [5.74, 6) is -2.43. The van der Waals surface area contributed by atoms with Crippen LogP contribution < -0.4 is 43.0 Å². The fourth-order valence-corrected chi connectivity index (χ4v) is 7.92. The molecule has 68 heavy (non-hydrogen) atoms. The van der Waals surface area contributed by atoms with E-state index in [1.807, 2.05) is 60.7 Å². The number of urea groups is 1. The highest BCUT2D eigenvalue weighted by Gasteiger charge is 2.31. The number of halogens is 1. The summed E-state index contributed by atoms with van der Waals surface area (Å²) < 4.78 is 28.1. The van der Waals surface area contributed by atoms with Crippen LogP contribution in [-0.4, -0.2) is 94.5 Å². The number of aryl methyl sites for hydroxylation is 1. The van der Waals surface area contributed by atoms with Gasteiger partial charge in [0.1, 0.15) is 30.6 Å². The molecule has 0 unspecified atom stereocenters. The molecular weight excluding hydrogens is 880 g/mol. The molecule has 20 heteroatoms. The highest BCUT2D eigenvalue weighted by Crippen LogP contribution is 2.27. The molecule has 19 nitrogen and oxygen atoms in total. The molecule has 0 aliphatic carbocycles. The number of rotatable bonds is 18. The maximum absolute atomic E-state index is 15.4. The summed E-state index contributed by atoms with van der Waals surface area (Å²) in [4.78, 5) is 79.2. The first-order valence-electron chi connectivity index (χ1n) is 22.1. The van der Waals surface area contributed by atoms with E-state index in [0.717, 1.165) is 17.2 Å². The van der Waals surface area contributed by atoms with Crippen molar-refractivity contribution in [3.8, 4) is 0 Å². The number of aromatic nitrogens is 1. The second kappa shape index (κ2) is 22.4. The molecule has 7 rings (SSSR count). The predicted molar refractivity (Wildman–Crippen MR) is 250 cm³/mol. The number of nitrogens with two attached hydrogens (primary N) is 1. The van der Waals surface area contributed by atoms with E-state index in [1.165, 1.54) is 17.2 Å². The van der Waals surface area contributed by atoms with Crippen molar-refractivity contribution >= 4 is 52.4 Å². The van der Waals surface area contributed by atoms with Gasteiger partial charge in [0, 0.05) is 62.7 Å². The molecule has 4 aromatic carbocycles. The number of primary amides is 1. The molecule has 1 fully saturated rings. The minimum atomic E-state index is -1.38. The van der Waals surface area contributed by atoms with Crippen LogP contribution >= 0.6 is 0 Å². The fraction of sp³-hybridized carbons (Fsp3) is 0.292. The standard InChI is InChI=1S/C48H53FN10O9/c1-2-56-27-36(45(62)63)43(60)35-25-37(49)42(26-41(35)56)57-20-22-58(23-21-57)48(66)68-30-33-15-17-34(18-16-33)52-44(61)40(14-9-19-51-46(50)64)59-28-39(54-55-59)38(24-31-10-5-3-6-11-31)53-47(65)67-29-32-12-7-4-8-13-32/h3-8,10-13,15-18,25-28,38,40,54-55H,2,9,14,19-24,29-30H2,1H3,(H,52,61)(H,53,65)(H,62,63)(H3,50,51,64)/t38-,40-/m0/s1. The highest BCUT2D eigenvalue weighted by molar-refractivity contribution is 5.95. The van der Waals surface area contributed by atoms with E-state index in [9.17, 15) is 33.9 Å². The number of alkyl carbamates (subject to hydrolysis) is 1. The lowest BCUT2D eigenvalue weighted by Crippen LogP contribution is -2.50. The van der Waals surface area contributed by atoms with Crippen molar-refractivity contribution in [2.24, 2.45) is 5.73 Å². The van der Waals surface area contributed by atoms with Gasteiger partial charge >= 0.3 is 24.2 Å². The molecular formula is C48H53FN10O9. The van der Waals surface area contributed by atoms with Crippen LogP contribution in [0.25, 0.3) is 10.9 Å². The number of pyridine rings is 1. The number of carbonyl (C=O) groups is 5. The van der Waals surface area contributed by atoms with Crippen molar-refractivity contribution in [2.75, 3.05) is 42.9 Å². The number of anilines is 2. The van der Waals surface area contributed by atoms with E-state index in [-0.39, 0.29) is 69.3 Å². The number of fused-ring (bicyclic) bond motifs is 1. The van der Waals surface area contributed by atoms with E-state index < -0.39 is 53.1 Å². The number of hydrazine groups is 2. The lowest BCUT2D eigenvalue weighted by molar-refractivity contribution is -0.121. The molecule has 3 heterocycles. The molecule has 0 saturated carbocycles. The van der Waals surface area contributed by atoms with E-state index in [4.69, 9.17) is 15.2 Å². The number of hydrogen-bond acceptors (Lipinski definition) is 12. The zero-order valence-electron chi connectivity index (χ0n) is 37.3. The third kappa shape index (κ3) is 12.2. The minimum Gasteiger partial charge on any atom is -0.477 e. The van der Waals surface area contributed by atoms with Crippen LogP contribution in [0.3, 0.4) is 0 Å². The van der Waals surface area contributed by atoms with Crippen LogP contribution in [0, 0.1) is 5.82 Å². The smallest absolute Gasteiger partial charge is 0.410 e. The number of nitrogens with zero attached hydrogens (tertiary/aromatic N) is 4. The van der Waals surface area contributed by atoms with Gasteiger partial charge in [0.2, 0.25) is 11.3 Å². The van der Waals surface area contributed by atoms with Gasteiger partial charge in [-0.15, -0.1) is 5.53 Å². The number of aromatic carboxylic acids is 1. The van der Waals surface area contributed by atoms with Gasteiger partial charge in [-0.1, -0.05) is 72.8 Å². The normalized spacial score (nSPS) is 14.3. The molecule has 5 amide bonds. The largest absolute Gasteiger partial charge is 0.477 e. The summed E-state index contributed by atoms with van der Waals surface area (Å²) >= 11 is 0. The number of carbonyl (C=O) groups excluding carboxylic acids is 4. The van der Waals surface area contributed by atoms with Crippen LogP contribution in [0.1, 0.15) is 46.8 Å². The molecule has 1 aromatic heterocycles. The number of ether oxygens (including phenoxy) is 2. The number of piperazine rings is 1. The minimum absolute atomic E-state index is 0.0242. The Morgan fingerprint density at radius 3 is 2.19 bits per heavy atom. The van der Waals surface area contributed by atoms with Gasteiger partial charge in [-0.25, -0.2) is 23.6 Å². The van der Waals surface area contributed by atoms with Gasteiger partial charge in [0.15, 0.2) is 0 Å². The highest BCUT2D eigenvalue weighted by atomic mass is 19.1. The van der Waals surface area contributed by atoms with E-state index in [2.05, 4.69) is 26.9 Å². The average Bonchev–Trinajstić information content (AvgIpc) is 3.83. The molecule has 2 aliphatic heterocycles. The van der Waals surface area contributed by atoms with Crippen molar-refractivity contribution in [3.63, 3.8) is 0 Å². The average molecular weight is 933 g/mol. The maximum atomic E-state index is 15.4. The van der Waals surface area contributed by atoms with E-state index in [0.29, 0.717) is 41.9 Å². The summed E-state index contributed by atoms with van der Waals surface area (Å²) in [5.41, 5.74) is 14.4. The summed E-state index contributed by atoms with van der Waals surface area (Å²) in [6.45, 7) is 3.47. The monoisotopic (exact) mass is 932 g/mol. The van der Waals surface area contributed by atoms with E-state index >= 15 is 4.39 Å². The van der Waals surface area contributed by atoms with Crippen molar-refractivity contribution in [1.29, 1.82) is 0 Å².